The first-order valence-electron chi connectivity index (χ1n) is 5.31. The molecule has 0 saturated heterocycles. The summed E-state index contributed by atoms with van der Waals surface area (Å²) in [5.41, 5.74) is 2.43. The Hall–Kier alpha value is -2.03. The number of amides is 2. The number of hydrogen-bond acceptors (Lipinski definition) is 5. The number of hydrogen-bond donors (Lipinski definition) is 3. The number of hydrazine groups is 1. The molecule has 1 aromatic rings. The van der Waals surface area contributed by atoms with E-state index in [1.807, 2.05) is 0 Å². The second-order valence-corrected chi connectivity index (χ2v) is 3.37. The van der Waals surface area contributed by atoms with E-state index in [2.05, 4.69) is 25.6 Å². The van der Waals surface area contributed by atoms with Crippen LogP contribution < -0.4 is 10.7 Å². The van der Waals surface area contributed by atoms with E-state index in [0.717, 1.165) is 5.01 Å². The molecule has 0 aliphatic rings. The van der Waals surface area contributed by atoms with Gasteiger partial charge in [-0.15, -0.1) is 0 Å². The molecular formula is C9H14BN6O2. The third-order valence-corrected chi connectivity index (χ3v) is 2.06. The quantitative estimate of drug-likeness (QED) is 0.419. The normalized spacial score (nSPS) is 9.78. The van der Waals surface area contributed by atoms with Crippen LogP contribution in [0.15, 0.2) is 17.3 Å². The second kappa shape index (κ2) is 7.33. The number of likely N-dealkylation sites (N-methyl/N-ethyl adjacent to an activating group) is 1. The fourth-order valence-electron chi connectivity index (χ4n) is 1.19. The SMILES string of the molecule is [B]=NCC(=O)N(CCNC)NC(=O)c1ncc[nH]1. The summed E-state index contributed by atoms with van der Waals surface area (Å²) in [4.78, 5) is 33.0. The second-order valence-electron chi connectivity index (χ2n) is 3.37. The third kappa shape index (κ3) is 4.09. The van der Waals surface area contributed by atoms with Gasteiger partial charge in [0.25, 0.3) is 0 Å². The molecule has 0 fully saturated rings. The Kier molecular flexibility index (Phi) is 5.72. The maximum absolute atomic E-state index is 11.7. The molecule has 0 aliphatic carbocycles. The van der Waals surface area contributed by atoms with Gasteiger partial charge in [0.15, 0.2) is 0 Å². The molecule has 0 aromatic carbocycles. The van der Waals surface area contributed by atoms with Crippen LogP contribution in [0.1, 0.15) is 10.6 Å². The van der Waals surface area contributed by atoms with Gasteiger partial charge >= 0.3 is 105 Å². The molecule has 0 bridgehead atoms. The zero-order valence-electron chi connectivity index (χ0n) is 10.0. The van der Waals surface area contributed by atoms with E-state index in [-0.39, 0.29) is 12.4 Å². The van der Waals surface area contributed by atoms with Gasteiger partial charge in [-0.05, 0) is 0 Å². The summed E-state index contributed by atoms with van der Waals surface area (Å²) in [6, 6.07) is 0. The van der Waals surface area contributed by atoms with Gasteiger partial charge in [-0.1, -0.05) is 0 Å². The molecule has 1 heterocycles. The number of carbonyl (C=O) groups is 2. The molecule has 9 heteroatoms. The zero-order chi connectivity index (χ0) is 13.4. The predicted molar refractivity (Wildman–Crippen MR) is 64.7 cm³/mol. The van der Waals surface area contributed by atoms with Crippen LogP contribution in [0.25, 0.3) is 0 Å². The molecule has 2 amide bonds. The summed E-state index contributed by atoms with van der Waals surface area (Å²) in [6.07, 6.45) is 2.97. The zero-order valence-corrected chi connectivity index (χ0v) is 10.0. The number of nitrogens with one attached hydrogen (secondary N) is 3. The first-order valence-corrected chi connectivity index (χ1v) is 5.31. The minimum absolute atomic E-state index is 0.127. The molecule has 0 atom stereocenters. The van der Waals surface area contributed by atoms with Gasteiger partial charge in [-0.25, -0.2) is 0 Å². The average molecular weight is 249 g/mol. The van der Waals surface area contributed by atoms with E-state index < -0.39 is 11.8 Å². The standard InChI is InChI=1S/C9H14BN6O2/c1-11-4-5-16(7(17)6-14-10)15-9(18)8-12-2-3-13-8/h2-3,11H,4-6H2,1H3,(H,12,13)(H,15,18). The molecule has 0 unspecified atom stereocenters. The first-order chi connectivity index (χ1) is 8.69. The Bertz CT molecular complexity index is 407. The number of carbonyl (C=O) groups excluding carboxylic acids is 2. The van der Waals surface area contributed by atoms with Crippen molar-refractivity contribution in [3.05, 3.63) is 18.2 Å². The van der Waals surface area contributed by atoms with Crippen molar-refractivity contribution in [3.8, 4) is 0 Å². The molecule has 0 spiro atoms. The van der Waals surface area contributed by atoms with E-state index >= 15 is 0 Å². The van der Waals surface area contributed by atoms with Crippen molar-refractivity contribution in [3.63, 3.8) is 0 Å². The Morgan fingerprint density at radius 1 is 1.61 bits per heavy atom. The van der Waals surface area contributed by atoms with Crippen molar-refractivity contribution in [2.45, 2.75) is 0 Å². The van der Waals surface area contributed by atoms with Crippen LogP contribution in [0.3, 0.4) is 0 Å². The van der Waals surface area contributed by atoms with Crippen LogP contribution in [-0.2, 0) is 4.79 Å². The maximum atomic E-state index is 11.7. The van der Waals surface area contributed by atoms with Crippen LogP contribution >= 0.6 is 0 Å². The van der Waals surface area contributed by atoms with Crippen LogP contribution in [0.4, 0.5) is 0 Å². The topological polar surface area (TPSA) is 102 Å². The molecule has 1 aromatic heterocycles. The van der Waals surface area contributed by atoms with E-state index in [9.17, 15) is 9.59 Å². The predicted octanol–water partition coefficient (Wildman–Crippen LogP) is -1.55. The molecule has 1 rings (SSSR count). The van der Waals surface area contributed by atoms with E-state index in [4.69, 9.17) is 7.64 Å². The Morgan fingerprint density at radius 2 is 2.39 bits per heavy atom. The fourth-order valence-corrected chi connectivity index (χ4v) is 1.19. The van der Waals surface area contributed by atoms with Crippen LogP contribution in [0.2, 0.25) is 0 Å². The first kappa shape index (κ1) is 14.0. The molecule has 3 N–H and O–H groups in total. The summed E-state index contributed by atoms with van der Waals surface area (Å²) < 4.78 is 0. The number of nitrogens with zero attached hydrogens (tertiary/aromatic N) is 3. The van der Waals surface area contributed by atoms with Crippen molar-refractivity contribution >= 4 is 19.5 Å². The van der Waals surface area contributed by atoms with Crippen molar-refractivity contribution in [2.24, 2.45) is 4.90 Å². The number of aromatic amines is 1. The van der Waals surface area contributed by atoms with Gasteiger partial charge in [0.05, 0.1) is 0 Å². The van der Waals surface area contributed by atoms with Crippen molar-refractivity contribution in [1.29, 1.82) is 0 Å². The van der Waals surface area contributed by atoms with Crippen LogP contribution in [0.5, 0.6) is 0 Å². The molecule has 95 valence electrons. The van der Waals surface area contributed by atoms with Gasteiger partial charge in [0.2, 0.25) is 0 Å². The number of aromatic nitrogens is 2. The Balaban J connectivity index is 2.62. The number of imidazole rings is 1. The van der Waals surface area contributed by atoms with Gasteiger partial charge in [-0.2, -0.15) is 0 Å². The summed E-state index contributed by atoms with van der Waals surface area (Å²) in [6.45, 7) is 0.633. The molecule has 18 heavy (non-hydrogen) atoms. The molecule has 1 radical (unpaired) electrons. The van der Waals surface area contributed by atoms with Gasteiger partial charge < -0.3 is 0 Å². The number of H-pyrrole nitrogens is 1. The monoisotopic (exact) mass is 249 g/mol. The van der Waals surface area contributed by atoms with E-state index in [0.29, 0.717) is 13.1 Å². The van der Waals surface area contributed by atoms with Crippen molar-refractivity contribution in [1.82, 2.24) is 25.7 Å². The van der Waals surface area contributed by atoms with Crippen LogP contribution in [-0.4, -0.2) is 61.1 Å². The minimum atomic E-state index is -0.499. The summed E-state index contributed by atoms with van der Waals surface area (Å²) in [7, 11) is 6.69. The Morgan fingerprint density at radius 3 is 2.94 bits per heavy atom. The summed E-state index contributed by atoms with van der Waals surface area (Å²) >= 11 is 0. The van der Waals surface area contributed by atoms with Crippen molar-refractivity contribution in [2.75, 3.05) is 26.7 Å². The average Bonchev–Trinajstić information content (AvgIpc) is 2.88. The number of rotatable bonds is 6. The molecule has 8 nitrogen and oxygen atoms in total. The Labute approximate surface area is 105 Å². The van der Waals surface area contributed by atoms with E-state index in [1.54, 1.807) is 7.05 Å². The van der Waals surface area contributed by atoms with Crippen molar-refractivity contribution < 1.29 is 9.59 Å². The molecule has 0 saturated carbocycles. The summed E-state index contributed by atoms with van der Waals surface area (Å²) in [5.74, 6) is -0.768. The van der Waals surface area contributed by atoms with Gasteiger partial charge in [0, 0.05) is 0 Å². The third-order valence-electron chi connectivity index (χ3n) is 2.06. The summed E-state index contributed by atoms with van der Waals surface area (Å²) in [5, 5.41) is 4.02. The van der Waals surface area contributed by atoms with Gasteiger partial charge in [-0.3, -0.25) is 0 Å². The van der Waals surface area contributed by atoms with E-state index in [1.165, 1.54) is 12.4 Å². The molecule has 0 aliphatic heterocycles. The van der Waals surface area contributed by atoms with Crippen LogP contribution in [0, 0.1) is 0 Å². The fraction of sp³-hybridized carbons (Fsp3) is 0.444. The van der Waals surface area contributed by atoms with Gasteiger partial charge in [0.1, 0.15) is 0 Å². The molecular weight excluding hydrogens is 235 g/mol.